The molecule has 0 aliphatic rings. The summed E-state index contributed by atoms with van der Waals surface area (Å²) >= 11 is 0. The summed E-state index contributed by atoms with van der Waals surface area (Å²) in [7, 11) is 0. The van der Waals surface area contributed by atoms with Gasteiger partial charge in [0.2, 0.25) is 11.6 Å². The normalized spacial score (nSPS) is 11.0. The average Bonchev–Trinajstić information content (AvgIpc) is 3.44. The van der Waals surface area contributed by atoms with Gasteiger partial charge in [0.15, 0.2) is 5.69 Å². The first kappa shape index (κ1) is 22.1. The number of ether oxygens (including phenoxy) is 1. The first-order valence-electron chi connectivity index (χ1n) is 9.51. The Kier molecular flexibility index (Phi) is 6.20. The minimum atomic E-state index is -1.14. The van der Waals surface area contributed by atoms with Crippen LogP contribution in [-0.2, 0) is 6.61 Å². The van der Waals surface area contributed by atoms with Gasteiger partial charge in [0.05, 0.1) is 11.8 Å². The Bertz CT molecular complexity index is 1370. The van der Waals surface area contributed by atoms with Crippen LogP contribution in [-0.4, -0.2) is 48.5 Å². The molecule has 172 valence electrons. The fourth-order valence-corrected chi connectivity index (χ4v) is 2.82. The van der Waals surface area contributed by atoms with E-state index in [1.807, 2.05) is 0 Å². The molecule has 13 nitrogen and oxygen atoms in total. The highest BCUT2D eigenvalue weighted by Crippen LogP contribution is 2.19. The van der Waals surface area contributed by atoms with E-state index in [0.29, 0.717) is 5.75 Å². The first-order chi connectivity index (χ1) is 16.4. The number of nitrogen functional groups attached to an aromatic ring is 1. The Morgan fingerprint density at radius 3 is 2.68 bits per heavy atom. The number of nitrogens with one attached hydrogen (secondary N) is 1. The number of hydrogen-bond acceptors (Lipinski definition) is 10. The second-order valence-electron chi connectivity index (χ2n) is 6.60. The lowest BCUT2D eigenvalue weighted by molar-refractivity contribution is 0.0696. The zero-order chi connectivity index (χ0) is 24.1. The molecule has 0 radical (unpaired) electrons. The van der Waals surface area contributed by atoms with Gasteiger partial charge in [-0.25, -0.2) is 19.2 Å². The van der Waals surface area contributed by atoms with Crippen molar-refractivity contribution in [1.82, 2.24) is 30.7 Å². The van der Waals surface area contributed by atoms with Crippen LogP contribution in [0.25, 0.3) is 5.82 Å². The molecular weight excluding hydrogens is 451 g/mol. The van der Waals surface area contributed by atoms with Gasteiger partial charge in [-0.05, 0) is 40.6 Å². The van der Waals surface area contributed by atoms with Gasteiger partial charge in [0.25, 0.3) is 5.91 Å². The monoisotopic (exact) mass is 466 g/mol. The lowest BCUT2D eigenvalue weighted by Gasteiger charge is -2.08. The summed E-state index contributed by atoms with van der Waals surface area (Å²) in [6, 6.07) is 11.3. The average molecular weight is 466 g/mol. The molecule has 0 aliphatic carbocycles. The van der Waals surface area contributed by atoms with Gasteiger partial charge in [0, 0.05) is 5.56 Å². The molecule has 0 unspecified atom stereocenters. The number of carboxylic acids is 1. The van der Waals surface area contributed by atoms with Crippen molar-refractivity contribution in [3.63, 3.8) is 0 Å². The smallest absolute Gasteiger partial charge is 0.336 e. The van der Waals surface area contributed by atoms with Crippen molar-refractivity contribution < 1.29 is 28.5 Å². The molecule has 4 rings (SSSR count). The number of carbonyl (C=O) groups excluding carboxylic acids is 1. The minimum absolute atomic E-state index is 0.00818. The molecule has 2 aromatic carbocycles. The molecule has 0 bridgehead atoms. The van der Waals surface area contributed by atoms with E-state index in [-0.39, 0.29) is 40.8 Å². The zero-order valence-corrected chi connectivity index (χ0v) is 17.1. The molecule has 2 aromatic heterocycles. The number of rotatable bonds is 8. The third kappa shape index (κ3) is 4.69. The van der Waals surface area contributed by atoms with Crippen LogP contribution in [0.2, 0.25) is 0 Å². The Hall–Kier alpha value is -5.14. The maximum atomic E-state index is 13.2. The standard InChI is InChI=1S/C20H15FN8O5/c21-12-5-7-13(8-6-12)33-10-15-16(24-28-29(15)18-17(22)26-34-27-18)19(30)25-23-9-11-3-1-2-4-14(11)20(31)32/h1-9H,10H2,(H2,22,26)(H,25,30)(H,31,32)/b23-9-. The summed E-state index contributed by atoms with van der Waals surface area (Å²) in [5.74, 6) is -2.18. The van der Waals surface area contributed by atoms with Crippen molar-refractivity contribution in [3.05, 3.63) is 76.9 Å². The number of amides is 1. The molecule has 0 atom stereocenters. The summed E-state index contributed by atoms with van der Waals surface area (Å²) < 4.78 is 24.5. The molecule has 0 aliphatic heterocycles. The number of anilines is 1. The second kappa shape index (κ2) is 9.56. The number of nitrogens with zero attached hydrogens (tertiary/aromatic N) is 6. The number of aromatic carboxylic acids is 1. The van der Waals surface area contributed by atoms with Crippen LogP contribution in [0.1, 0.15) is 32.1 Å². The first-order valence-corrected chi connectivity index (χ1v) is 9.51. The van der Waals surface area contributed by atoms with Crippen LogP contribution in [0.15, 0.2) is 58.3 Å². The third-order valence-electron chi connectivity index (χ3n) is 4.42. The maximum absolute atomic E-state index is 13.2. The number of hydrogen-bond donors (Lipinski definition) is 3. The highest BCUT2D eigenvalue weighted by atomic mass is 19.1. The van der Waals surface area contributed by atoms with Crippen LogP contribution >= 0.6 is 0 Å². The fourth-order valence-electron chi connectivity index (χ4n) is 2.82. The Labute approximate surface area is 189 Å². The van der Waals surface area contributed by atoms with Gasteiger partial charge in [-0.2, -0.15) is 9.78 Å². The summed E-state index contributed by atoms with van der Waals surface area (Å²) in [4.78, 5) is 24.0. The zero-order valence-electron chi connectivity index (χ0n) is 17.1. The van der Waals surface area contributed by atoms with Crippen molar-refractivity contribution in [1.29, 1.82) is 0 Å². The van der Waals surface area contributed by atoms with Gasteiger partial charge in [0.1, 0.15) is 23.9 Å². The highest BCUT2D eigenvalue weighted by molar-refractivity contribution is 5.99. The lowest BCUT2D eigenvalue weighted by atomic mass is 10.1. The van der Waals surface area contributed by atoms with Crippen molar-refractivity contribution in [2.75, 3.05) is 5.73 Å². The molecule has 0 spiro atoms. The van der Waals surface area contributed by atoms with E-state index in [9.17, 15) is 19.1 Å². The molecule has 4 N–H and O–H groups in total. The number of carbonyl (C=O) groups is 2. The summed E-state index contributed by atoms with van der Waals surface area (Å²) in [5.41, 5.74) is 8.20. The molecule has 1 amide bonds. The maximum Gasteiger partial charge on any atom is 0.336 e. The van der Waals surface area contributed by atoms with Crippen LogP contribution in [0, 0.1) is 5.82 Å². The second-order valence-corrected chi connectivity index (χ2v) is 6.60. The van der Waals surface area contributed by atoms with Gasteiger partial charge in [-0.1, -0.05) is 23.4 Å². The summed E-state index contributed by atoms with van der Waals surface area (Å²) in [6.07, 6.45) is 1.18. The number of benzene rings is 2. The van der Waals surface area contributed by atoms with Gasteiger partial charge in [-0.3, -0.25) is 4.79 Å². The van der Waals surface area contributed by atoms with Gasteiger partial charge < -0.3 is 15.6 Å². The van der Waals surface area contributed by atoms with Crippen molar-refractivity contribution in [2.24, 2.45) is 5.10 Å². The molecule has 34 heavy (non-hydrogen) atoms. The fraction of sp³-hybridized carbons (Fsp3) is 0.0500. The Balaban J connectivity index is 1.58. The minimum Gasteiger partial charge on any atom is -0.487 e. The molecular formula is C20H15FN8O5. The van der Waals surface area contributed by atoms with Crippen LogP contribution < -0.4 is 15.9 Å². The Morgan fingerprint density at radius 2 is 1.97 bits per heavy atom. The van der Waals surface area contributed by atoms with E-state index >= 15 is 0 Å². The number of hydrazone groups is 1. The van der Waals surface area contributed by atoms with E-state index < -0.39 is 17.7 Å². The molecule has 0 saturated carbocycles. The Morgan fingerprint density at radius 1 is 1.21 bits per heavy atom. The quantitative estimate of drug-likeness (QED) is 0.253. The van der Waals surface area contributed by atoms with E-state index in [1.54, 1.807) is 12.1 Å². The van der Waals surface area contributed by atoms with E-state index in [1.165, 1.54) is 42.6 Å². The number of halogens is 1. The van der Waals surface area contributed by atoms with Gasteiger partial charge >= 0.3 is 5.97 Å². The largest absolute Gasteiger partial charge is 0.487 e. The van der Waals surface area contributed by atoms with Gasteiger partial charge in [-0.15, -0.1) is 5.10 Å². The predicted molar refractivity (Wildman–Crippen MR) is 113 cm³/mol. The summed E-state index contributed by atoms with van der Waals surface area (Å²) in [5, 5.41) is 27.9. The van der Waals surface area contributed by atoms with E-state index in [4.69, 9.17) is 10.5 Å². The third-order valence-corrected chi connectivity index (χ3v) is 4.42. The van der Waals surface area contributed by atoms with Crippen molar-refractivity contribution in [2.45, 2.75) is 6.61 Å². The predicted octanol–water partition coefficient (Wildman–Crippen LogP) is 1.41. The van der Waals surface area contributed by atoms with E-state index in [0.717, 1.165) is 4.68 Å². The molecule has 0 saturated heterocycles. The molecule has 2 heterocycles. The van der Waals surface area contributed by atoms with Crippen LogP contribution in [0.3, 0.4) is 0 Å². The van der Waals surface area contributed by atoms with Crippen LogP contribution in [0.5, 0.6) is 5.75 Å². The number of aromatic nitrogens is 5. The number of carboxylic acid groups (broad SMARTS) is 1. The van der Waals surface area contributed by atoms with Crippen molar-refractivity contribution in [3.8, 4) is 11.6 Å². The van der Waals surface area contributed by atoms with Crippen LogP contribution in [0.4, 0.5) is 10.2 Å². The summed E-state index contributed by atoms with van der Waals surface area (Å²) in [6.45, 7) is -0.237. The van der Waals surface area contributed by atoms with Crippen molar-refractivity contribution >= 4 is 23.9 Å². The molecule has 4 aromatic rings. The topological polar surface area (TPSA) is 184 Å². The molecule has 0 fully saturated rings. The lowest BCUT2D eigenvalue weighted by Crippen LogP contribution is -2.21. The SMILES string of the molecule is Nc1nonc1-n1nnc(C(=O)N/N=C\c2ccccc2C(=O)O)c1COc1ccc(F)cc1. The number of nitrogens with two attached hydrogens (primary N) is 1. The highest BCUT2D eigenvalue weighted by Gasteiger charge is 2.24. The van der Waals surface area contributed by atoms with E-state index in [2.05, 4.69) is 35.8 Å². The molecule has 14 heteroatoms.